The van der Waals surface area contributed by atoms with Crippen LogP contribution < -0.4 is 0 Å². The Morgan fingerprint density at radius 1 is 1.43 bits per heavy atom. The molecule has 6 heteroatoms. The summed E-state index contributed by atoms with van der Waals surface area (Å²) >= 11 is 0. The van der Waals surface area contributed by atoms with E-state index in [9.17, 15) is 9.36 Å². The van der Waals surface area contributed by atoms with Crippen LogP contribution in [0.15, 0.2) is 0 Å². The number of carbonyl (C=O) groups excluding carboxylic acids is 1. The molecule has 0 rings (SSSR count). The second kappa shape index (κ2) is 4.53. The largest absolute Gasteiger partial charge is 0.469 e. The second-order valence-electron chi connectivity index (χ2n) is 4.17. The van der Waals surface area contributed by atoms with E-state index in [1.54, 1.807) is 27.7 Å². The van der Waals surface area contributed by atoms with Gasteiger partial charge in [0.1, 0.15) is 5.78 Å². The van der Waals surface area contributed by atoms with Gasteiger partial charge < -0.3 is 9.79 Å². The molecule has 84 valence electrons. The Bertz CT molecular complexity index is 252. The van der Waals surface area contributed by atoms with Crippen LogP contribution in [0, 0.1) is 11.3 Å². The van der Waals surface area contributed by atoms with E-state index in [4.69, 9.17) is 9.79 Å². The van der Waals surface area contributed by atoms with Crippen molar-refractivity contribution in [2.24, 2.45) is 11.3 Å². The highest BCUT2D eigenvalue weighted by Crippen LogP contribution is 2.38. The predicted octanol–water partition coefficient (Wildman–Crippen LogP) is 1.35. The predicted molar refractivity (Wildman–Crippen MR) is 51.6 cm³/mol. The average molecular weight is 224 g/mol. The zero-order chi connectivity index (χ0) is 11.6. The lowest BCUT2D eigenvalue weighted by atomic mass is 9.83. The fourth-order valence-corrected chi connectivity index (χ4v) is 1.59. The van der Waals surface area contributed by atoms with Crippen molar-refractivity contribution in [1.82, 2.24) is 0 Å². The third-order valence-corrected chi connectivity index (χ3v) is 2.25. The summed E-state index contributed by atoms with van der Waals surface area (Å²) in [6, 6.07) is 0. The molecule has 0 bridgehead atoms. The number of Topliss-reactive ketones (excluding diaryl/α,β-unsaturated/α-hetero) is 1. The van der Waals surface area contributed by atoms with E-state index in [1.165, 1.54) is 0 Å². The van der Waals surface area contributed by atoms with Crippen LogP contribution >= 0.6 is 7.82 Å². The van der Waals surface area contributed by atoms with Gasteiger partial charge in [0.15, 0.2) is 0 Å². The SMILES string of the molecule is CC(C)C(=O)C(C)(C)COP(=O)(O)O. The van der Waals surface area contributed by atoms with Crippen molar-refractivity contribution < 1.29 is 23.7 Å². The van der Waals surface area contributed by atoms with Crippen LogP contribution in [0.25, 0.3) is 0 Å². The van der Waals surface area contributed by atoms with E-state index in [2.05, 4.69) is 4.52 Å². The molecule has 0 aromatic heterocycles. The fourth-order valence-electron chi connectivity index (χ4n) is 1.10. The first kappa shape index (κ1) is 13.8. The van der Waals surface area contributed by atoms with Crippen molar-refractivity contribution in [2.75, 3.05) is 6.61 Å². The van der Waals surface area contributed by atoms with Crippen LogP contribution in [0.1, 0.15) is 27.7 Å². The molecule has 0 heterocycles. The van der Waals surface area contributed by atoms with Crippen molar-refractivity contribution in [2.45, 2.75) is 27.7 Å². The van der Waals surface area contributed by atoms with Gasteiger partial charge in [-0.25, -0.2) is 4.57 Å². The van der Waals surface area contributed by atoms with Gasteiger partial charge in [-0.05, 0) is 0 Å². The summed E-state index contributed by atoms with van der Waals surface area (Å²) in [5.74, 6) is -0.253. The molecule has 0 saturated heterocycles. The lowest BCUT2D eigenvalue weighted by molar-refractivity contribution is -0.131. The van der Waals surface area contributed by atoms with Crippen molar-refractivity contribution >= 4 is 13.6 Å². The maximum Gasteiger partial charge on any atom is 0.469 e. The molecule has 0 aliphatic carbocycles. The third-order valence-electron chi connectivity index (χ3n) is 1.78. The zero-order valence-corrected chi connectivity index (χ0v) is 9.75. The lowest BCUT2D eigenvalue weighted by Gasteiger charge is -2.24. The maximum absolute atomic E-state index is 11.5. The first-order valence-corrected chi connectivity index (χ1v) is 5.84. The number of ketones is 1. The minimum Gasteiger partial charge on any atom is -0.303 e. The molecule has 5 nitrogen and oxygen atoms in total. The molecule has 0 radical (unpaired) electrons. The van der Waals surface area contributed by atoms with E-state index in [1.807, 2.05) is 0 Å². The number of hydrogen-bond acceptors (Lipinski definition) is 3. The summed E-state index contributed by atoms with van der Waals surface area (Å²) < 4.78 is 14.7. The number of carbonyl (C=O) groups is 1. The van der Waals surface area contributed by atoms with E-state index in [-0.39, 0.29) is 18.3 Å². The van der Waals surface area contributed by atoms with Gasteiger partial charge in [-0.3, -0.25) is 9.32 Å². The molecule has 0 unspecified atom stereocenters. The zero-order valence-electron chi connectivity index (χ0n) is 8.85. The third kappa shape index (κ3) is 4.86. The van der Waals surface area contributed by atoms with Gasteiger partial charge >= 0.3 is 7.82 Å². The van der Waals surface area contributed by atoms with Crippen LogP contribution in [0.4, 0.5) is 0 Å². The molecular formula is C8H17O5P. The summed E-state index contributed by atoms with van der Waals surface area (Å²) in [5.41, 5.74) is -0.866. The fraction of sp³-hybridized carbons (Fsp3) is 0.875. The molecule has 0 atom stereocenters. The van der Waals surface area contributed by atoms with Crippen LogP contribution in [0.2, 0.25) is 0 Å². The Hall–Kier alpha value is -0.220. The standard InChI is InChI=1S/C8H17O5P/c1-6(2)7(9)8(3,4)5-13-14(10,11)12/h6H,5H2,1-4H3,(H2,10,11,12). The molecule has 0 aliphatic rings. The van der Waals surface area contributed by atoms with Gasteiger partial charge in [-0.15, -0.1) is 0 Å². The summed E-state index contributed by atoms with van der Waals surface area (Å²) in [4.78, 5) is 28.5. The molecule has 0 amide bonds. The molecule has 0 aliphatic heterocycles. The van der Waals surface area contributed by atoms with Crippen molar-refractivity contribution in [1.29, 1.82) is 0 Å². The highest BCUT2D eigenvalue weighted by Gasteiger charge is 2.32. The molecule has 0 aromatic rings. The smallest absolute Gasteiger partial charge is 0.303 e. The monoisotopic (exact) mass is 224 g/mol. The number of phosphoric acid groups is 1. The Morgan fingerprint density at radius 2 is 1.86 bits per heavy atom. The van der Waals surface area contributed by atoms with Gasteiger partial charge in [-0.1, -0.05) is 27.7 Å². The summed E-state index contributed by atoms with van der Waals surface area (Å²) in [6.07, 6.45) is 0. The minimum atomic E-state index is -4.48. The topological polar surface area (TPSA) is 83.8 Å². The number of hydrogen-bond donors (Lipinski definition) is 2. The normalized spacial score (nSPS) is 13.4. The van der Waals surface area contributed by atoms with Gasteiger partial charge in [0.05, 0.1) is 6.61 Å². The molecule has 14 heavy (non-hydrogen) atoms. The molecular weight excluding hydrogens is 207 g/mol. The summed E-state index contributed by atoms with van der Waals surface area (Å²) in [5, 5.41) is 0. The Balaban J connectivity index is 4.35. The van der Waals surface area contributed by atoms with E-state index < -0.39 is 13.2 Å². The van der Waals surface area contributed by atoms with Crippen LogP contribution in [0.3, 0.4) is 0 Å². The Morgan fingerprint density at radius 3 is 2.14 bits per heavy atom. The van der Waals surface area contributed by atoms with Crippen LogP contribution in [-0.4, -0.2) is 22.2 Å². The molecule has 0 fully saturated rings. The maximum atomic E-state index is 11.5. The Labute approximate surface area is 83.7 Å². The van der Waals surface area contributed by atoms with Gasteiger partial charge in [0.2, 0.25) is 0 Å². The van der Waals surface area contributed by atoms with Gasteiger partial charge in [0, 0.05) is 11.3 Å². The van der Waals surface area contributed by atoms with Gasteiger partial charge in [-0.2, -0.15) is 0 Å². The summed E-state index contributed by atoms with van der Waals surface area (Å²) in [7, 11) is -4.48. The highest BCUT2D eigenvalue weighted by molar-refractivity contribution is 7.46. The highest BCUT2D eigenvalue weighted by atomic mass is 31.2. The van der Waals surface area contributed by atoms with Crippen molar-refractivity contribution in [3.8, 4) is 0 Å². The van der Waals surface area contributed by atoms with E-state index >= 15 is 0 Å². The van der Waals surface area contributed by atoms with Gasteiger partial charge in [0.25, 0.3) is 0 Å². The minimum absolute atomic E-state index is 0.0778. The molecule has 0 spiro atoms. The molecule has 0 saturated carbocycles. The quantitative estimate of drug-likeness (QED) is 0.688. The average Bonchev–Trinajstić information content (AvgIpc) is 1.98. The molecule has 0 aromatic carbocycles. The van der Waals surface area contributed by atoms with Crippen molar-refractivity contribution in [3.63, 3.8) is 0 Å². The molecule has 2 N–H and O–H groups in total. The first-order valence-electron chi connectivity index (χ1n) is 4.30. The van der Waals surface area contributed by atoms with Crippen molar-refractivity contribution in [3.05, 3.63) is 0 Å². The second-order valence-corrected chi connectivity index (χ2v) is 5.41. The van der Waals surface area contributed by atoms with Crippen LogP contribution in [0.5, 0.6) is 0 Å². The van der Waals surface area contributed by atoms with Crippen LogP contribution in [-0.2, 0) is 13.9 Å². The first-order chi connectivity index (χ1) is 6.06. The number of phosphoric ester groups is 1. The lowest BCUT2D eigenvalue weighted by Crippen LogP contribution is -2.32. The number of rotatable bonds is 5. The van der Waals surface area contributed by atoms with E-state index in [0.29, 0.717) is 0 Å². The van der Waals surface area contributed by atoms with E-state index in [0.717, 1.165) is 0 Å². The summed E-state index contributed by atoms with van der Waals surface area (Å²) in [6.45, 7) is 6.41. The Kier molecular flexibility index (Phi) is 4.46.